The van der Waals surface area contributed by atoms with Crippen LogP contribution < -0.4 is 16.0 Å². The number of aromatic nitrogens is 1. The molecule has 1 heterocycles. The van der Waals surface area contributed by atoms with Gasteiger partial charge in [0, 0.05) is 6.20 Å². The maximum absolute atomic E-state index is 13.4. The summed E-state index contributed by atoms with van der Waals surface area (Å²) in [5.74, 6) is 4.59. The number of anilines is 2. The van der Waals surface area contributed by atoms with E-state index in [9.17, 15) is 12.8 Å². The van der Waals surface area contributed by atoms with E-state index in [-0.39, 0.29) is 21.4 Å². The summed E-state index contributed by atoms with van der Waals surface area (Å²) in [6.07, 6.45) is 1.06. The molecule has 0 spiro atoms. The van der Waals surface area contributed by atoms with Gasteiger partial charge in [-0.25, -0.2) is 23.6 Å². The Morgan fingerprint density at radius 2 is 2.00 bits per heavy atom. The van der Waals surface area contributed by atoms with Gasteiger partial charge >= 0.3 is 0 Å². The maximum atomic E-state index is 13.4. The van der Waals surface area contributed by atoms with Gasteiger partial charge in [-0.05, 0) is 18.2 Å². The molecular formula is C11H10ClFN4O2S. The zero-order valence-corrected chi connectivity index (χ0v) is 11.5. The van der Waals surface area contributed by atoms with E-state index in [1.54, 1.807) is 0 Å². The van der Waals surface area contributed by atoms with Crippen LogP contribution in [0.3, 0.4) is 0 Å². The van der Waals surface area contributed by atoms with Crippen molar-refractivity contribution in [2.75, 3.05) is 10.1 Å². The van der Waals surface area contributed by atoms with Gasteiger partial charge in [0.15, 0.2) is 5.82 Å². The first-order chi connectivity index (χ1) is 9.44. The molecule has 0 saturated heterocycles. The third-order valence-corrected chi connectivity index (χ3v) is 4.00. The average Bonchev–Trinajstić information content (AvgIpc) is 2.41. The molecule has 106 valence electrons. The predicted molar refractivity (Wildman–Crippen MR) is 74.3 cm³/mol. The number of nitrogen functional groups attached to an aromatic ring is 1. The zero-order chi connectivity index (χ0) is 14.8. The number of hydrogen-bond acceptors (Lipinski definition) is 5. The molecule has 0 aliphatic heterocycles. The Morgan fingerprint density at radius 3 is 2.60 bits per heavy atom. The van der Waals surface area contributed by atoms with E-state index in [0.29, 0.717) is 0 Å². The minimum atomic E-state index is -3.99. The van der Waals surface area contributed by atoms with Gasteiger partial charge < -0.3 is 5.43 Å². The van der Waals surface area contributed by atoms with E-state index in [0.717, 1.165) is 18.3 Å². The number of benzene rings is 1. The molecule has 0 amide bonds. The summed E-state index contributed by atoms with van der Waals surface area (Å²) in [6.45, 7) is 0. The normalized spacial score (nSPS) is 11.2. The quantitative estimate of drug-likeness (QED) is 0.592. The van der Waals surface area contributed by atoms with Gasteiger partial charge in [-0.2, -0.15) is 0 Å². The molecule has 2 rings (SSSR count). The van der Waals surface area contributed by atoms with Crippen molar-refractivity contribution >= 4 is 33.1 Å². The van der Waals surface area contributed by atoms with Gasteiger partial charge in [-0.1, -0.05) is 23.7 Å². The lowest BCUT2D eigenvalue weighted by atomic mass is 10.3. The van der Waals surface area contributed by atoms with Crippen LogP contribution in [0.25, 0.3) is 0 Å². The van der Waals surface area contributed by atoms with E-state index in [1.165, 1.54) is 18.2 Å². The number of hydrogen-bond donors (Lipinski definition) is 3. The number of nitrogens with two attached hydrogens (primary N) is 1. The zero-order valence-electron chi connectivity index (χ0n) is 9.97. The van der Waals surface area contributed by atoms with Crippen molar-refractivity contribution in [3.8, 4) is 0 Å². The van der Waals surface area contributed by atoms with E-state index in [1.807, 2.05) is 0 Å². The second kappa shape index (κ2) is 5.61. The lowest BCUT2D eigenvalue weighted by molar-refractivity contribution is 0.598. The molecule has 0 atom stereocenters. The Morgan fingerprint density at radius 1 is 1.30 bits per heavy atom. The number of rotatable bonds is 4. The minimum absolute atomic E-state index is 0.0314. The number of para-hydroxylation sites is 1. The third kappa shape index (κ3) is 2.98. The van der Waals surface area contributed by atoms with E-state index in [2.05, 4.69) is 15.1 Å². The Labute approximate surface area is 119 Å². The van der Waals surface area contributed by atoms with Crippen LogP contribution in [-0.4, -0.2) is 13.4 Å². The lowest BCUT2D eigenvalue weighted by Gasteiger charge is -2.09. The summed E-state index contributed by atoms with van der Waals surface area (Å²) < 4.78 is 39.7. The monoisotopic (exact) mass is 316 g/mol. The van der Waals surface area contributed by atoms with Crippen LogP contribution in [0.4, 0.5) is 15.9 Å². The molecule has 0 aliphatic carbocycles. The molecule has 1 aromatic carbocycles. The minimum Gasteiger partial charge on any atom is -0.307 e. The van der Waals surface area contributed by atoms with Crippen LogP contribution in [0.2, 0.25) is 5.02 Å². The topological polar surface area (TPSA) is 97.1 Å². The van der Waals surface area contributed by atoms with E-state index < -0.39 is 15.8 Å². The standard InChI is InChI=1S/C11H10ClFN4O2S/c12-8-5-7(6-15-11(8)16-14)20(18,19)17-10-4-2-1-3-9(10)13/h1-6,17H,14H2,(H,15,16). The molecule has 9 heteroatoms. The Balaban J connectivity index is 2.36. The summed E-state index contributed by atoms with van der Waals surface area (Å²) in [5, 5.41) is 0.0314. The van der Waals surface area contributed by atoms with E-state index in [4.69, 9.17) is 17.4 Å². The van der Waals surface area contributed by atoms with Crippen molar-refractivity contribution in [2.45, 2.75) is 4.90 Å². The first-order valence-electron chi connectivity index (χ1n) is 5.33. The number of halogens is 2. The number of hydrazine groups is 1. The van der Waals surface area contributed by atoms with Crippen LogP contribution in [0, 0.1) is 5.82 Å². The second-order valence-electron chi connectivity index (χ2n) is 3.73. The van der Waals surface area contributed by atoms with Gasteiger partial charge in [-0.3, -0.25) is 4.72 Å². The van der Waals surface area contributed by atoms with Crippen LogP contribution in [0.1, 0.15) is 0 Å². The van der Waals surface area contributed by atoms with Crippen LogP contribution in [0.15, 0.2) is 41.4 Å². The Kier molecular flexibility index (Phi) is 4.07. The van der Waals surface area contributed by atoms with Crippen molar-refractivity contribution in [1.29, 1.82) is 0 Å². The summed E-state index contributed by atoms with van der Waals surface area (Å²) in [5.41, 5.74) is 2.05. The van der Waals surface area contributed by atoms with Gasteiger partial charge in [0.1, 0.15) is 10.7 Å². The molecule has 0 aliphatic rings. The van der Waals surface area contributed by atoms with Crippen molar-refractivity contribution in [3.63, 3.8) is 0 Å². The Bertz CT molecular complexity index is 739. The van der Waals surface area contributed by atoms with Gasteiger partial charge in [-0.15, -0.1) is 0 Å². The van der Waals surface area contributed by atoms with Crippen LogP contribution in [-0.2, 0) is 10.0 Å². The highest BCUT2D eigenvalue weighted by atomic mass is 35.5. The van der Waals surface area contributed by atoms with Gasteiger partial charge in [0.2, 0.25) is 0 Å². The van der Waals surface area contributed by atoms with Crippen molar-refractivity contribution in [2.24, 2.45) is 5.84 Å². The summed E-state index contributed by atoms with van der Waals surface area (Å²) in [4.78, 5) is 3.54. The highest BCUT2D eigenvalue weighted by Crippen LogP contribution is 2.24. The SMILES string of the molecule is NNc1ncc(S(=O)(=O)Nc2ccccc2F)cc1Cl. The molecule has 0 radical (unpaired) electrons. The fraction of sp³-hybridized carbons (Fsp3) is 0. The van der Waals surface area contributed by atoms with Gasteiger partial charge in [0.25, 0.3) is 10.0 Å². The number of nitrogens with one attached hydrogen (secondary N) is 2. The number of sulfonamides is 1. The fourth-order valence-corrected chi connectivity index (χ4v) is 2.74. The largest absolute Gasteiger partial charge is 0.307 e. The molecule has 0 unspecified atom stereocenters. The fourth-order valence-electron chi connectivity index (χ4n) is 1.42. The van der Waals surface area contributed by atoms with Crippen LogP contribution >= 0.6 is 11.6 Å². The lowest BCUT2D eigenvalue weighted by Crippen LogP contribution is -2.15. The summed E-state index contributed by atoms with van der Waals surface area (Å²) >= 11 is 5.80. The average molecular weight is 317 g/mol. The molecule has 4 N–H and O–H groups in total. The van der Waals surface area contributed by atoms with E-state index >= 15 is 0 Å². The van der Waals surface area contributed by atoms with Crippen molar-refractivity contribution in [3.05, 3.63) is 47.4 Å². The number of nitrogens with zero attached hydrogens (tertiary/aromatic N) is 1. The highest BCUT2D eigenvalue weighted by Gasteiger charge is 2.18. The third-order valence-electron chi connectivity index (χ3n) is 2.38. The molecule has 20 heavy (non-hydrogen) atoms. The summed E-state index contributed by atoms with van der Waals surface area (Å²) in [7, 11) is -3.99. The summed E-state index contributed by atoms with van der Waals surface area (Å²) in [6, 6.07) is 6.57. The molecular weight excluding hydrogens is 307 g/mol. The predicted octanol–water partition coefficient (Wildman–Crippen LogP) is 1.96. The maximum Gasteiger partial charge on any atom is 0.263 e. The van der Waals surface area contributed by atoms with Gasteiger partial charge in [0.05, 0.1) is 10.7 Å². The van der Waals surface area contributed by atoms with Crippen LogP contribution in [0.5, 0.6) is 0 Å². The molecule has 1 aromatic heterocycles. The highest BCUT2D eigenvalue weighted by molar-refractivity contribution is 7.92. The first-order valence-corrected chi connectivity index (χ1v) is 7.19. The Hall–Kier alpha value is -1.90. The molecule has 6 nitrogen and oxygen atoms in total. The molecule has 0 saturated carbocycles. The smallest absolute Gasteiger partial charge is 0.263 e. The molecule has 0 bridgehead atoms. The van der Waals surface area contributed by atoms with Crippen molar-refractivity contribution in [1.82, 2.24) is 4.98 Å². The molecule has 2 aromatic rings. The molecule has 0 fully saturated rings. The second-order valence-corrected chi connectivity index (χ2v) is 5.82. The number of pyridine rings is 1. The first kappa shape index (κ1) is 14.5. The van der Waals surface area contributed by atoms with Crippen molar-refractivity contribution < 1.29 is 12.8 Å².